The fourth-order valence-electron chi connectivity index (χ4n) is 3.93. The Labute approximate surface area is 195 Å². The van der Waals surface area contributed by atoms with Crippen LogP contribution in [0.3, 0.4) is 0 Å². The van der Waals surface area contributed by atoms with Crippen LogP contribution in [-0.2, 0) is 23.3 Å². The van der Waals surface area contributed by atoms with Crippen molar-refractivity contribution in [2.24, 2.45) is 0 Å². The number of aromatic amines is 1. The number of ether oxygens (including phenoxy) is 1. The third kappa shape index (κ3) is 4.07. The van der Waals surface area contributed by atoms with E-state index in [1.807, 2.05) is 10.3 Å². The second-order valence-electron chi connectivity index (χ2n) is 7.76. The van der Waals surface area contributed by atoms with Gasteiger partial charge in [0.15, 0.2) is 0 Å². The van der Waals surface area contributed by atoms with Gasteiger partial charge in [0.2, 0.25) is 0 Å². The van der Waals surface area contributed by atoms with Crippen molar-refractivity contribution in [1.82, 2.24) is 14.9 Å². The van der Waals surface area contributed by atoms with Crippen LogP contribution in [-0.4, -0.2) is 34.7 Å². The van der Waals surface area contributed by atoms with Crippen molar-refractivity contribution in [3.05, 3.63) is 92.1 Å². The Hall–Kier alpha value is -4.35. The first-order chi connectivity index (χ1) is 16.6. The number of nitrogens with zero attached hydrogens (tertiary/aromatic N) is 1. The van der Waals surface area contributed by atoms with Crippen LogP contribution in [0.2, 0.25) is 0 Å². The molecule has 4 rings (SSSR count). The van der Waals surface area contributed by atoms with Crippen molar-refractivity contribution in [2.75, 3.05) is 12.4 Å². The van der Waals surface area contributed by atoms with E-state index in [9.17, 15) is 32.3 Å². The zero-order valence-electron chi connectivity index (χ0n) is 18.2. The van der Waals surface area contributed by atoms with E-state index in [0.29, 0.717) is 0 Å². The fourth-order valence-corrected chi connectivity index (χ4v) is 3.93. The van der Waals surface area contributed by atoms with Crippen molar-refractivity contribution in [3.63, 3.8) is 0 Å². The summed E-state index contributed by atoms with van der Waals surface area (Å²) in [5, 5.41) is 3.71. The number of hydrogen-bond acceptors (Lipinski definition) is 5. The van der Waals surface area contributed by atoms with E-state index in [0.717, 1.165) is 10.1 Å². The molecule has 3 N–H and O–H groups in total. The number of nitrogens with one attached hydrogen (secondary N) is 3. The van der Waals surface area contributed by atoms with Gasteiger partial charge in [0, 0.05) is 12.1 Å². The number of hydrogen-bond donors (Lipinski definition) is 3. The number of amides is 2. The number of rotatable bonds is 6. The Morgan fingerprint density at radius 3 is 2.46 bits per heavy atom. The molecule has 12 heteroatoms. The smallest absolute Gasteiger partial charge is 0.425 e. The third-order valence-corrected chi connectivity index (χ3v) is 5.67. The molecular formula is C23H19F3N4O5. The van der Waals surface area contributed by atoms with Crippen molar-refractivity contribution in [3.8, 4) is 5.75 Å². The van der Waals surface area contributed by atoms with Gasteiger partial charge in [-0.05, 0) is 30.2 Å². The number of carbonyl (C=O) groups excluding carboxylic acids is 2. The summed E-state index contributed by atoms with van der Waals surface area (Å²) in [4.78, 5) is 52.6. The number of carbonyl (C=O) groups is 2. The SMILES string of the molecule is COc1cccc(C(=O)N[C@@]2(C(F)(F)F)C(=O)Nc3c2c(=O)[nH]c(=O)n3CCc2ccccc2)c1. The summed E-state index contributed by atoms with van der Waals surface area (Å²) in [7, 11) is 1.31. The maximum atomic E-state index is 14.5. The molecule has 0 saturated carbocycles. The standard InChI is InChI=1S/C23H19F3N4O5/c1-35-15-9-5-8-14(12-15)18(31)29-22(23(24,25)26)16-17(27-20(22)33)30(21(34)28-19(16)32)11-10-13-6-3-2-4-7-13/h2-9,12H,10-11H2,1H3,(H,27,33)(H,29,31)(H,28,32,34)/t22-/m1/s1. The van der Waals surface area contributed by atoms with Gasteiger partial charge < -0.3 is 15.4 Å². The van der Waals surface area contributed by atoms with Gasteiger partial charge in [0.1, 0.15) is 17.1 Å². The topological polar surface area (TPSA) is 122 Å². The highest BCUT2D eigenvalue weighted by atomic mass is 19.4. The highest BCUT2D eigenvalue weighted by Gasteiger charge is 2.68. The molecule has 0 saturated heterocycles. The van der Waals surface area contributed by atoms with Crippen LogP contribution < -0.4 is 26.6 Å². The number of aryl methyl sites for hydroxylation is 1. The number of anilines is 1. The predicted octanol–water partition coefficient (Wildman–Crippen LogP) is 1.93. The molecule has 2 aromatic carbocycles. The number of methoxy groups -OCH3 is 1. The zero-order valence-corrected chi connectivity index (χ0v) is 18.2. The van der Waals surface area contributed by atoms with Crippen LogP contribution in [0.25, 0.3) is 0 Å². The van der Waals surface area contributed by atoms with E-state index in [1.165, 1.54) is 31.4 Å². The molecule has 1 aromatic heterocycles. The monoisotopic (exact) mass is 488 g/mol. The first kappa shape index (κ1) is 23.8. The fraction of sp³-hybridized carbons (Fsp3) is 0.217. The van der Waals surface area contributed by atoms with E-state index >= 15 is 0 Å². The van der Waals surface area contributed by atoms with E-state index in [2.05, 4.69) is 0 Å². The molecular weight excluding hydrogens is 469 g/mol. The van der Waals surface area contributed by atoms with Crippen molar-refractivity contribution in [1.29, 1.82) is 0 Å². The summed E-state index contributed by atoms with van der Waals surface area (Å²) in [5.74, 6) is -3.41. The summed E-state index contributed by atoms with van der Waals surface area (Å²) in [5.41, 5.74) is -6.73. The Kier molecular flexibility index (Phi) is 5.97. The highest BCUT2D eigenvalue weighted by Crippen LogP contribution is 2.45. The van der Waals surface area contributed by atoms with Crippen LogP contribution in [0.5, 0.6) is 5.75 Å². The average molecular weight is 488 g/mol. The van der Waals surface area contributed by atoms with Gasteiger partial charge in [-0.25, -0.2) is 4.79 Å². The van der Waals surface area contributed by atoms with Crippen LogP contribution in [0.15, 0.2) is 64.2 Å². The Balaban J connectivity index is 1.82. The number of halogens is 3. The summed E-state index contributed by atoms with van der Waals surface area (Å²) in [6.45, 7) is -0.139. The second-order valence-corrected chi connectivity index (χ2v) is 7.76. The van der Waals surface area contributed by atoms with Crippen LogP contribution >= 0.6 is 0 Å². The largest absolute Gasteiger partial charge is 0.497 e. The van der Waals surface area contributed by atoms with Crippen molar-refractivity contribution < 1.29 is 27.5 Å². The van der Waals surface area contributed by atoms with E-state index < -0.39 is 46.2 Å². The lowest BCUT2D eigenvalue weighted by atomic mass is 9.91. The number of aromatic nitrogens is 2. The number of H-pyrrole nitrogens is 1. The molecule has 0 spiro atoms. The molecule has 0 bridgehead atoms. The lowest BCUT2D eigenvalue weighted by molar-refractivity contribution is -0.196. The molecule has 0 aliphatic carbocycles. The summed E-state index contributed by atoms with van der Waals surface area (Å²) in [6, 6.07) is 14.0. The molecule has 1 atom stereocenters. The first-order valence-corrected chi connectivity index (χ1v) is 10.3. The van der Waals surface area contributed by atoms with Crippen LogP contribution in [0.1, 0.15) is 21.5 Å². The molecule has 9 nitrogen and oxygen atoms in total. The minimum absolute atomic E-state index is 0.139. The van der Waals surface area contributed by atoms with Gasteiger partial charge in [-0.15, -0.1) is 0 Å². The molecule has 1 aliphatic heterocycles. The molecule has 35 heavy (non-hydrogen) atoms. The van der Waals surface area contributed by atoms with Crippen LogP contribution in [0.4, 0.5) is 19.0 Å². The van der Waals surface area contributed by atoms with Gasteiger partial charge >= 0.3 is 11.9 Å². The molecule has 0 radical (unpaired) electrons. The van der Waals surface area contributed by atoms with E-state index in [-0.39, 0.29) is 24.3 Å². The number of fused-ring (bicyclic) bond motifs is 1. The first-order valence-electron chi connectivity index (χ1n) is 10.3. The molecule has 2 amide bonds. The van der Waals surface area contributed by atoms with Gasteiger partial charge in [0.25, 0.3) is 22.9 Å². The predicted molar refractivity (Wildman–Crippen MR) is 118 cm³/mol. The minimum Gasteiger partial charge on any atom is -0.497 e. The molecule has 1 aliphatic rings. The third-order valence-electron chi connectivity index (χ3n) is 5.67. The summed E-state index contributed by atoms with van der Waals surface area (Å²) >= 11 is 0. The quantitative estimate of drug-likeness (QED) is 0.490. The second kappa shape index (κ2) is 8.78. The lowest BCUT2D eigenvalue weighted by Gasteiger charge is -2.30. The summed E-state index contributed by atoms with van der Waals surface area (Å²) in [6.07, 6.45) is -5.20. The number of benzene rings is 2. The molecule has 3 aromatic rings. The van der Waals surface area contributed by atoms with Gasteiger partial charge in [0.05, 0.1) is 7.11 Å². The van der Waals surface area contributed by atoms with Gasteiger partial charge in [-0.2, -0.15) is 13.2 Å². The zero-order chi connectivity index (χ0) is 25.4. The Morgan fingerprint density at radius 1 is 1.09 bits per heavy atom. The van der Waals surface area contributed by atoms with Crippen molar-refractivity contribution in [2.45, 2.75) is 24.7 Å². The molecule has 182 valence electrons. The normalized spacial score (nSPS) is 17.0. The van der Waals surface area contributed by atoms with E-state index in [1.54, 1.807) is 35.6 Å². The molecule has 2 heterocycles. The highest BCUT2D eigenvalue weighted by molar-refractivity contribution is 6.09. The Morgan fingerprint density at radius 2 is 1.80 bits per heavy atom. The summed E-state index contributed by atoms with van der Waals surface area (Å²) < 4.78 is 49.3. The number of alkyl halides is 3. The molecule has 0 unspecified atom stereocenters. The van der Waals surface area contributed by atoms with Gasteiger partial charge in [-0.1, -0.05) is 36.4 Å². The van der Waals surface area contributed by atoms with Gasteiger partial charge in [-0.3, -0.25) is 23.9 Å². The molecule has 0 fully saturated rings. The lowest BCUT2D eigenvalue weighted by Crippen LogP contribution is -2.62. The van der Waals surface area contributed by atoms with Crippen LogP contribution in [0, 0.1) is 0 Å². The Bertz CT molecular complexity index is 1420. The maximum Gasteiger partial charge on any atom is 0.425 e. The maximum absolute atomic E-state index is 14.5. The van der Waals surface area contributed by atoms with E-state index in [4.69, 9.17) is 4.74 Å². The van der Waals surface area contributed by atoms with Crippen molar-refractivity contribution >= 4 is 17.6 Å². The average Bonchev–Trinajstić information content (AvgIpc) is 3.12. The minimum atomic E-state index is -5.43.